The summed E-state index contributed by atoms with van der Waals surface area (Å²) in [5.41, 5.74) is 4.69. The highest BCUT2D eigenvalue weighted by molar-refractivity contribution is 5.69. The fraction of sp³-hybridized carbons (Fsp3) is 0.500. The molecule has 0 saturated heterocycles. The third-order valence-electron chi connectivity index (χ3n) is 2.73. The zero-order chi connectivity index (χ0) is 14.0. The Morgan fingerprint density at radius 2 is 1.95 bits per heavy atom. The summed E-state index contributed by atoms with van der Waals surface area (Å²) < 4.78 is 2.22. The summed E-state index contributed by atoms with van der Waals surface area (Å²) in [5, 5.41) is 10.6. The lowest BCUT2D eigenvalue weighted by atomic mass is 10.4. The summed E-state index contributed by atoms with van der Waals surface area (Å²) in [6, 6.07) is 0. The highest BCUT2D eigenvalue weighted by Gasteiger charge is 2.12. The van der Waals surface area contributed by atoms with Gasteiger partial charge in [-0.25, -0.2) is 9.78 Å². The second-order valence-corrected chi connectivity index (χ2v) is 4.08. The number of hydrogen-bond donors (Lipinski definition) is 2. The molecule has 0 aliphatic carbocycles. The van der Waals surface area contributed by atoms with E-state index < -0.39 is 11.2 Å². The number of anilines is 1. The van der Waals surface area contributed by atoms with Crippen LogP contribution in [0.25, 0.3) is 11.2 Å². The Balaban J connectivity index is 2.54. The molecule has 0 aliphatic rings. The summed E-state index contributed by atoms with van der Waals surface area (Å²) in [5.74, 6) is 0.247. The van der Waals surface area contributed by atoms with E-state index in [1.54, 1.807) is 0 Å². The van der Waals surface area contributed by atoms with Crippen molar-refractivity contribution in [3.63, 3.8) is 0 Å². The van der Waals surface area contributed by atoms with E-state index in [9.17, 15) is 9.59 Å². The molecule has 0 atom stereocenters. The van der Waals surface area contributed by atoms with Crippen molar-refractivity contribution in [1.82, 2.24) is 24.3 Å². The maximum absolute atomic E-state index is 12.0. The van der Waals surface area contributed by atoms with E-state index in [0.29, 0.717) is 13.1 Å². The van der Waals surface area contributed by atoms with Gasteiger partial charge in [0.2, 0.25) is 5.95 Å². The van der Waals surface area contributed by atoms with Crippen LogP contribution in [-0.4, -0.2) is 37.4 Å². The van der Waals surface area contributed by atoms with Crippen LogP contribution in [0.3, 0.4) is 0 Å². The van der Waals surface area contributed by atoms with Gasteiger partial charge in [-0.05, 0) is 13.0 Å². The number of aryl methyl sites for hydroxylation is 1. The SMILES string of the molecule is Cn1c(=O)c2nc(NCCCN)nnc2n(C)c1=O. The lowest BCUT2D eigenvalue weighted by Crippen LogP contribution is -2.38. The van der Waals surface area contributed by atoms with Gasteiger partial charge in [0.05, 0.1) is 0 Å². The highest BCUT2D eigenvalue weighted by atomic mass is 16.2. The van der Waals surface area contributed by atoms with Crippen molar-refractivity contribution in [2.24, 2.45) is 19.8 Å². The summed E-state index contributed by atoms with van der Waals surface area (Å²) in [7, 11) is 2.91. The Morgan fingerprint density at radius 3 is 2.63 bits per heavy atom. The fourth-order valence-corrected chi connectivity index (χ4v) is 1.63. The minimum atomic E-state index is -0.491. The van der Waals surface area contributed by atoms with Gasteiger partial charge in [0.1, 0.15) is 0 Å². The molecule has 19 heavy (non-hydrogen) atoms. The maximum Gasteiger partial charge on any atom is 0.332 e. The van der Waals surface area contributed by atoms with Gasteiger partial charge in [-0.1, -0.05) is 0 Å². The van der Waals surface area contributed by atoms with Crippen molar-refractivity contribution >= 4 is 17.1 Å². The smallest absolute Gasteiger partial charge is 0.332 e. The van der Waals surface area contributed by atoms with Crippen molar-refractivity contribution in [3.05, 3.63) is 20.8 Å². The van der Waals surface area contributed by atoms with Gasteiger partial charge < -0.3 is 11.1 Å². The molecule has 0 aliphatic heterocycles. The minimum absolute atomic E-state index is 0.106. The Kier molecular flexibility index (Phi) is 3.56. The third kappa shape index (κ3) is 2.32. The first-order chi connectivity index (χ1) is 9.06. The summed E-state index contributed by atoms with van der Waals surface area (Å²) in [4.78, 5) is 27.7. The summed E-state index contributed by atoms with van der Waals surface area (Å²) >= 11 is 0. The van der Waals surface area contributed by atoms with E-state index >= 15 is 0 Å². The zero-order valence-electron chi connectivity index (χ0n) is 10.8. The maximum atomic E-state index is 12.0. The minimum Gasteiger partial charge on any atom is -0.353 e. The van der Waals surface area contributed by atoms with Crippen molar-refractivity contribution < 1.29 is 0 Å². The van der Waals surface area contributed by atoms with E-state index in [-0.39, 0.29) is 17.1 Å². The molecule has 0 spiro atoms. The van der Waals surface area contributed by atoms with Crippen molar-refractivity contribution in [3.8, 4) is 0 Å². The molecule has 0 radical (unpaired) electrons. The van der Waals surface area contributed by atoms with Crippen LogP contribution >= 0.6 is 0 Å². The van der Waals surface area contributed by atoms with Crippen molar-refractivity contribution in [2.45, 2.75) is 6.42 Å². The predicted molar refractivity (Wildman–Crippen MR) is 70.0 cm³/mol. The Labute approximate surface area is 108 Å². The largest absolute Gasteiger partial charge is 0.353 e. The van der Waals surface area contributed by atoms with E-state index in [0.717, 1.165) is 11.0 Å². The van der Waals surface area contributed by atoms with Gasteiger partial charge in [0.25, 0.3) is 5.56 Å². The summed E-state index contributed by atoms with van der Waals surface area (Å²) in [6.45, 7) is 1.14. The number of nitrogens with zero attached hydrogens (tertiary/aromatic N) is 5. The molecule has 0 saturated carbocycles. The lowest BCUT2D eigenvalue weighted by Gasteiger charge is -2.07. The van der Waals surface area contributed by atoms with E-state index in [2.05, 4.69) is 20.5 Å². The predicted octanol–water partition coefficient (Wildman–Crippen LogP) is -1.82. The van der Waals surface area contributed by atoms with Crippen LogP contribution in [0.5, 0.6) is 0 Å². The molecule has 2 aromatic rings. The average Bonchev–Trinajstić information content (AvgIpc) is 2.43. The van der Waals surface area contributed by atoms with Crippen molar-refractivity contribution in [2.75, 3.05) is 18.4 Å². The first kappa shape index (κ1) is 13.1. The lowest BCUT2D eigenvalue weighted by molar-refractivity contribution is 0.698. The van der Waals surface area contributed by atoms with Crippen LogP contribution in [0, 0.1) is 0 Å². The Bertz CT molecular complexity index is 718. The third-order valence-corrected chi connectivity index (χ3v) is 2.73. The number of rotatable bonds is 4. The molecule has 0 amide bonds. The van der Waals surface area contributed by atoms with Gasteiger partial charge in [-0.2, -0.15) is 0 Å². The second kappa shape index (κ2) is 5.14. The number of nitrogens with two attached hydrogens (primary N) is 1. The van der Waals surface area contributed by atoms with Crippen molar-refractivity contribution in [1.29, 1.82) is 0 Å². The molecular weight excluding hydrogens is 250 g/mol. The van der Waals surface area contributed by atoms with Gasteiger partial charge >= 0.3 is 5.69 Å². The fourth-order valence-electron chi connectivity index (χ4n) is 1.63. The number of hydrogen-bond acceptors (Lipinski definition) is 7. The van der Waals surface area contributed by atoms with Gasteiger partial charge in [-0.3, -0.25) is 13.9 Å². The normalized spacial score (nSPS) is 10.9. The standard InChI is InChI=1S/C10H15N7O2/c1-16-7-6(8(18)17(2)10(16)19)13-9(15-14-7)12-5-3-4-11/h3-5,11H2,1-2H3,(H,12,13,15). The van der Waals surface area contributed by atoms with Gasteiger partial charge in [0.15, 0.2) is 11.2 Å². The molecule has 9 heteroatoms. The quantitative estimate of drug-likeness (QED) is 0.624. The number of aromatic nitrogens is 5. The molecule has 2 heterocycles. The van der Waals surface area contributed by atoms with E-state index in [1.165, 1.54) is 18.7 Å². The molecule has 3 N–H and O–H groups in total. The van der Waals surface area contributed by atoms with Crippen LogP contribution in [0.4, 0.5) is 5.95 Å². The summed E-state index contributed by atoms with van der Waals surface area (Å²) in [6.07, 6.45) is 0.757. The second-order valence-electron chi connectivity index (χ2n) is 4.08. The van der Waals surface area contributed by atoms with E-state index in [1.807, 2.05) is 0 Å². The molecule has 0 unspecified atom stereocenters. The van der Waals surface area contributed by atoms with Crippen LogP contribution in [-0.2, 0) is 14.1 Å². The number of fused-ring (bicyclic) bond motifs is 1. The molecule has 2 aromatic heterocycles. The average molecular weight is 265 g/mol. The van der Waals surface area contributed by atoms with E-state index in [4.69, 9.17) is 5.73 Å². The van der Waals surface area contributed by atoms with Gasteiger partial charge in [-0.15, -0.1) is 10.2 Å². The molecule has 102 valence electrons. The monoisotopic (exact) mass is 265 g/mol. The van der Waals surface area contributed by atoms with Crippen LogP contribution in [0.15, 0.2) is 9.59 Å². The molecule has 2 rings (SSSR count). The Hall–Kier alpha value is -2.29. The number of nitrogens with one attached hydrogen (secondary N) is 1. The van der Waals surface area contributed by atoms with Crippen LogP contribution in [0.2, 0.25) is 0 Å². The Morgan fingerprint density at radius 1 is 1.21 bits per heavy atom. The molecular formula is C10H15N7O2. The molecule has 0 fully saturated rings. The first-order valence-corrected chi connectivity index (χ1v) is 5.80. The topological polar surface area (TPSA) is 121 Å². The molecule has 9 nitrogen and oxygen atoms in total. The first-order valence-electron chi connectivity index (χ1n) is 5.80. The molecule has 0 bridgehead atoms. The van der Waals surface area contributed by atoms with Crippen LogP contribution in [0.1, 0.15) is 6.42 Å². The van der Waals surface area contributed by atoms with Gasteiger partial charge in [0, 0.05) is 20.6 Å². The highest BCUT2D eigenvalue weighted by Crippen LogP contribution is 2.02. The zero-order valence-corrected chi connectivity index (χ0v) is 10.8. The molecule has 0 aromatic carbocycles. The van der Waals surface area contributed by atoms with Crippen LogP contribution < -0.4 is 22.3 Å².